The van der Waals surface area contributed by atoms with E-state index in [9.17, 15) is 13.2 Å². The van der Waals surface area contributed by atoms with E-state index in [1.165, 1.54) is 19.6 Å². The van der Waals surface area contributed by atoms with Crippen molar-refractivity contribution in [2.45, 2.75) is 24.6 Å². The van der Waals surface area contributed by atoms with Crippen LogP contribution in [0.3, 0.4) is 0 Å². The van der Waals surface area contributed by atoms with Gasteiger partial charge in [0, 0.05) is 26.4 Å². The van der Waals surface area contributed by atoms with Gasteiger partial charge in [-0.1, -0.05) is 0 Å². The van der Waals surface area contributed by atoms with Crippen molar-refractivity contribution in [3.8, 4) is 0 Å². The molecule has 0 aromatic carbocycles. The maximum atomic E-state index is 11.8. The van der Waals surface area contributed by atoms with Crippen LogP contribution >= 0.6 is 0 Å². The second-order valence-electron chi connectivity index (χ2n) is 3.46. The van der Waals surface area contributed by atoms with E-state index in [2.05, 4.69) is 14.4 Å². The van der Waals surface area contributed by atoms with Crippen molar-refractivity contribution in [3.63, 3.8) is 0 Å². The second-order valence-corrected chi connectivity index (χ2v) is 5.17. The topological polar surface area (TPSA) is 111 Å². The zero-order valence-corrected chi connectivity index (χ0v) is 10.8. The summed E-state index contributed by atoms with van der Waals surface area (Å²) in [5, 5.41) is 8.55. The zero-order valence-electron chi connectivity index (χ0n) is 10.0. The lowest BCUT2D eigenvalue weighted by molar-refractivity contribution is -0.147. The molecule has 2 N–H and O–H groups in total. The molecular formula is C9H15N3O5S. The zero-order chi connectivity index (χ0) is 13.8. The molecule has 0 aliphatic rings. The van der Waals surface area contributed by atoms with Gasteiger partial charge >= 0.3 is 5.97 Å². The molecule has 102 valence electrons. The minimum atomic E-state index is -3.81. The van der Waals surface area contributed by atoms with Gasteiger partial charge < -0.3 is 14.4 Å². The Kier molecular flexibility index (Phi) is 4.82. The third kappa shape index (κ3) is 3.52. The standard InChI is InChI=1S/C9H15N3O5S/c1-3-12-5-8(10-6-12)18(15,16)11-4-7(17-2)9(13)14/h5-7,11H,3-4H2,1-2H3,(H,13,14). The fraction of sp³-hybridized carbons (Fsp3) is 0.556. The molecule has 1 unspecified atom stereocenters. The molecule has 1 aromatic rings. The fourth-order valence-corrected chi connectivity index (χ4v) is 2.16. The Labute approximate surface area is 105 Å². The smallest absolute Gasteiger partial charge is 0.334 e. The Hall–Kier alpha value is -1.45. The highest BCUT2D eigenvalue weighted by atomic mass is 32.2. The van der Waals surface area contributed by atoms with Gasteiger partial charge in [0.1, 0.15) is 0 Å². The van der Waals surface area contributed by atoms with Crippen LogP contribution < -0.4 is 4.72 Å². The van der Waals surface area contributed by atoms with Gasteiger partial charge in [-0.25, -0.2) is 22.9 Å². The van der Waals surface area contributed by atoms with Crippen molar-refractivity contribution in [2.24, 2.45) is 0 Å². The van der Waals surface area contributed by atoms with Gasteiger partial charge in [-0.15, -0.1) is 0 Å². The summed E-state index contributed by atoms with van der Waals surface area (Å²) < 4.78 is 31.9. The lowest BCUT2D eigenvalue weighted by Gasteiger charge is -2.10. The first-order valence-corrected chi connectivity index (χ1v) is 6.66. The van der Waals surface area contributed by atoms with E-state index in [1.54, 1.807) is 4.57 Å². The van der Waals surface area contributed by atoms with E-state index in [-0.39, 0.29) is 11.6 Å². The summed E-state index contributed by atoms with van der Waals surface area (Å²) in [4.78, 5) is 14.4. The molecule has 18 heavy (non-hydrogen) atoms. The van der Waals surface area contributed by atoms with E-state index in [4.69, 9.17) is 5.11 Å². The van der Waals surface area contributed by atoms with Crippen LogP contribution in [-0.4, -0.2) is 48.8 Å². The largest absolute Gasteiger partial charge is 0.479 e. The van der Waals surface area contributed by atoms with Crippen LogP contribution in [0.4, 0.5) is 0 Å². The molecular weight excluding hydrogens is 262 g/mol. The van der Waals surface area contributed by atoms with E-state index >= 15 is 0 Å². The molecule has 8 nitrogen and oxygen atoms in total. The van der Waals surface area contributed by atoms with Crippen LogP contribution in [0.1, 0.15) is 6.92 Å². The minimum Gasteiger partial charge on any atom is -0.479 e. The maximum absolute atomic E-state index is 11.8. The maximum Gasteiger partial charge on any atom is 0.334 e. The van der Waals surface area contributed by atoms with Gasteiger partial charge in [0.05, 0.1) is 6.33 Å². The molecule has 0 bridgehead atoms. The highest BCUT2D eigenvalue weighted by Crippen LogP contribution is 2.05. The molecule has 0 saturated heterocycles. The number of nitrogens with zero attached hydrogens (tertiary/aromatic N) is 2. The molecule has 9 heteroatoms. The predicted molar refractivity (Wildman–Crippen MR) is 61.5 cm³/mol. The van der Waals surface area contributed by atoms with Crippen LogP contribution in [0.25, 0.3) is 0 Å². The number of carbonyl (C=O) groups is 1. The Morgan fingerprint density at radius 2 is 2.33 bits per heavy atom. The van der Waals surface area contributed by atoms with E-state index in [0.717, 1.165) is 0 Å². The first kappa shape index (κ1) is 14.6. The lowest BCUT2D eigenvalue weighted by atomic mass is 10.4. The summed E-state index contributed by atoms with van der Waals surface area (Å²) in [7, 11) is -2.62. The average Bonchev–Trinajstić information content (AvgIpc) is 2.78. The van der Waals surface area contributed by atoms with Crippen LogP contribution in [0, 0.1) is 0 Å². The van der Waals surface area contributed by atoms with E-state index in [1.807, 2.05) is 6.92 Å². The third-order valence-corrected chi connectivity index (χ3v) is 3.58. The Morgan fingerprint density at radius 1 is 1.67 bits per heavy atom. The highest BCUT2D eigenvalue weighted by Gasteiger charge is 2.22. The summed E-state index contributed by atoms with van der Waals surface area (Å²) in [6.45, 7) is 2.09. The molecule has 0 radical (unpaired) electrons. The first-order chi connectivity index (χ1) is 8.40. The van der Waals surface area contributed by atoms with Crippen molar-refractivity contribution in [2.75, 3.05) is 13.7 Å². The number of ether oxygens (including phenoxy) is 1. The monoisotopic (exact) mass is 277 g/mol. The normalized spacial score (nSPS) is 13.4. The summed E-state index contributed by atoms with van der Waals surface area (Å²) in [5.74, 6) is -1.24. The number of aromatic nitrogens is 2. The average molecular weight is 277 g/mol. The second kappa shape index (κ2) is 5.94. The number of aryl methyl sites for hydroxylation is 1. The van der Waals surface area contributed by atoms with Gasteiger partial charge in [-0.3, -0.25) is 0 Å². The van der Waals surface area contributed by atoms with Crippen LogP contribution in [0.2, 0.25) is 0 Å². The number of aliphatic carboxylic acids is 1. The van der Waals surface area contributed by atoms with Crippen molar-refractivity contribution in [3.05, 3.63) is 12.5 Å². The number of hydrogen-bond acceptors (Lipinski definition) is 5. The van der Waals surface area contributed by atoms with Gasteiger partial charge in [-0.2, -0.15) is 0 Å². The molecule has 0 aliphatic carbocycles. The predicted octanol–water partition coefficient (Wildman–Crippen LogP) is -0.719. The van der Waals surface area contributed by atoms with Crippen LogP contribution in [0.15, 0.2) is 17.6 Å². The SMILES string of the molecule is CCn1cnc(S(=O)(=O)NCC(OC)C(=O)O)c1. The number of carboxylic acids is 1. The third-order valence-electron chi connectivity index (χ3n) is 2.27. The summed E-state index contributed by atoms with van der Waals surface area (Å²) in [6, 6.07) is 0. The molecule has 0 amide bonds. The molecule has 1 heterocycles. The van der Waals surface area contributed by atoms with Crippen molar-refractivity contribution < 1.29 is 23.1 Å². The molecule has 0 spiro atoms. The number of methoxy groups -OCH3 is 1. The summed E-state index contributed by atoms with van der Waals surface area (Å²) >= 11 is 0. The fourth-order valence-electron chi connectivity index (χ4n) is 1.18. The lowest BCUT2D eigenvalue weighted by Crippen LogP contribution is -2.37. The molecule has 1 aromatic heterocycles. The molecule has 1 rings (SSSR count). The van der Waals surface area contributed by atoms with E-state index < -0.39 is 22.1 Å². The molecule has 1 atom stereocenters. The number of imidazole rings is 1. The molecule has 0 saturated carbocycles. The minimum absolute atomic E-state index is 0.149. The van der Waals surface area contributed by atoms with Crippen LogP contribution in [-0.2, 0) is 26.1 Å². The van der Waals surface area contributed by atoms with Crippen LogP contribution in [0.5, 0.6) is 0 Å². The van der Waals surface area contributed by atoms with Gasteiger partial charge in [0.25, 0.3) is 10.0 Å². The number of rotatable bonds is 7. The quantitative estimate of drug-likeness (QED) is 0.680. The molecule has 0 fully saturated rings. The molecule has 0 aliphatic heterocycles. The first-order valence-electron chi connectivity index (χ1n) is 5.17. The van der Waals surface area contributed by atoms with Gasteiger partial charge in [0.15, 0.2) is 11.1 Å². The number of sulfonamides is 1. The Bertz CT molecular complexity index is 510. The Balaban J connectivity index is 2.73. The summed E-state index contributed by atoms with van der Waals surface area (Å²) in [6.07, 6.45) is 1.53. The van der Waals surface area contributed by atoms with Gasteiger partial charge in [0.2, 0.25) is 0 Å². The van der Waals surface area contributed by atoms with Crippen molar-refractivity contribution in [1.82, 2.24) is 14.3 Å². The highest BCUT2D eigenvalue weighted by molar-refractivity contribution is 7.89. The number of carboxylic acid groups (broad SMARTS) is 1. The number of nitrogens with one attached hydrogen (secondary N) is 1. The number of hydrogen-bond donors (Lipinski definition) is 2. The Morgan fingerprint density at radius 3 is 2.78 bits per heavy atom. The van der Waals surface area contributed by atoms with Gasteiger partial charge in [-0.05, 0) is 6.92 Å². The van der Waals surface area contributed by atoms with Crippen molar-refractivity contribution >= 4 is 16.0 Å². The van der Waals surface area contributed by atoms with E-state index in [0.29, 0.717) is 6.54 Å². The summed E-state index contributed by atoms with van der Waals surface area (Å²) in [5.41, 5.74) is 0. The van der Waals surface area contributed by atoms with Crippen molar-refractivity contribution in [1.29, 1.82) is 0 Å².